The molecule has 0 aliphatic heterocycles. The highest BCUT2D eigenvalue weighted by molar-refractivity contribution is 5.87. The zero-order valence-electron chi connectivity index (χ0n) is 14.8. The fraction of sp³-hybridized carbons (Fsp3) is 0.409. The van der Waals surface area contributed by atoms with Gasteiger partial charge in [0.25, 0.3) is 0 Å². The third kappa shape index (κ3) is 20.1. The summed E-state index contributed by atoms with van der Waals surface area (Å²) in [4.78, 5) is 10.7. The van der Waals surface area contributed by atoms with Crippen LogP contribution in [0, 0.1) is 0 Å². The molecule has 0 saturated carbocycles. The van der Waals surface area contributed by atoms with Crippen molar-refractivity contribution in [2.24, 2.45) is 0 Å². The summed E-state index contributed by atoms with van der Waals surface area (Å²) in [6, 6.07) is 0. The Hall–Kier alpha value is -1.89. The zero-order chi connectivity index (χ0) is 17.0. The van der Waals surface area contributed by atoms with Gasteiger partial charge in [-0.1, -0.05) is 106 Å². The average Bonchev–Trinajstić information content (AvgIpc) is 2.53. The number of hydrogen-bond acceptors (Lipinski definition) is 1. The van der Waals surface area contributed by atoms with E-state index < -0.39 is 0 Å². The van der Waals surface area contributed by atoms with Gasteiger partial charge in [0.15, 0.2) is 5.78 Å². The molecule has 0 rings (SSSR count). The van der Waals surface area contributed by atoms with Gasteiger partial charge in [-0.3, -0.25) is 4.79 Å². The lowest BCUT2D eigenvalue weighted by Crippen LogP contribution is -1.77. The van der Waals surface area contributed by atoms with Gasteiger partial charge in [-0.25, -0.2) is 0 Å². The van der Waals surface area contributed by atoms with E-state index in [0.717, 1.165) is 0 Å². The second-order valence-electron chi connectivity index (χ2n) is 5.49. The average molecular weight is 312 g/mol. The molecule has 0 amide bonds. The maximum absolute atomic E-state index is 10.7. The molecule has 0 bridgehead atoms. The zero-order valence-corrected chi connectivity index (χ0v) is 14.8. The minimum absolute atomic E-state index is 0.0632. The van der Waals surface area contributed by atoms with Crippen LogP contribution in [0.3, 0.4) is 0 Å². The van der Waals surface area contributed by atoms with E-state index in [2.05, 4.69) is 25.2 Å². The van der Waals surface area contributed by atoms with Crippen molar-refractivity contribution < 1.29 is 4.79 Å². The fourth-order valence-electron chi connectivity index (χ4n) is 1.92. The Morgan fingerprint density at radius 3 is 1.70 bits per heavy atom. The van der Waals surface area contributed by atoms with Crippen LogP contribution in [0.4, 0.5) is 0 Å². The summed E-state index contributed by atoms with van der Waals surface area (Å²) in [6.07, 6.45) is 32.7. The molecule has 0 radical (unpaired) electrons. The van der Waals surface area contributed by atoms with Crippen molar-refractivity contribution in [3.05, 3.63) is 72.9 Å². The third-order valence-electron chi connectivity index (χ3n) is 3.19. The second kappa shape index (κ2) is 18.2. The van der Waals surface area contributed by atoms with Crippen LogP contribution in [0.1, 0.15) is 58.8 Å². The summed E-state index contributed by atoms with van der Waals surface area (Å²) in [5, 5.41) is 0. The first-order valence-electron chi connectivity index (χ1n) is 8.77. The van der Waals surface area contributed by atoms with Crippen LogP contribution in [-0.4, -0.2) is 5.78 Å². The first-order chi connectivity index (χ1) is 11.3. The highest BCUT2D eigenvalue weighted by Crippen LogP contribution is 2.07. The minimum atomic E-state index is 0.0632. The third-order valence-corrected chi connectivity index (χ3v) is 3.19. The second-order valence-corrected chi connectivity index (χ2v) is 5.49. The van der Waals surface area contributed by atoms with E-state index in [1.807, 2.05) is 42.5 Å². The summed E-state index contributed by atoms with van der Waals surface area (Å²) in [7, 11) is 0. The van der Waals surface area contributed by atoms with Gasteiger partial charge in [-0.2, -0.15) is 0 Å². The molecule has 0 aromatic heterocycles. The molecule has 23 heavy (non-hydrogen) atoms. The summed E-state index contributed by atoms with van der Waals surface area (Å²) in [6.45, 7) is 3.79. The molecule has 1 nitrogen and oxygen atoms in total. The summed E-state index contributed by atoms with van der Waals surface area (Å²) in [5.74, 6) is 0.0632. The van der Waals surface area contributed by atoms with E-state index in [1.165, 1.54) is 51.9 Å². The van der Waals surface area contributed by atoms with Crippen molar-refractivity contribution in [3.8, 4) is 0 Å². The van der Waals surface area contributed by atoms with E-state index in [1.54, 1.807) is 12.2 Å². The highest BCUT2D eigenvalue weighted by Gasteiger charge is 1.87. The molecule has 0 fully saturated rings. The molecule has 0 N–H and O–H groups in total. The van der Waals surface area contributed by atoms with E-state index in [9.17, 15) is 4.79 Å². The molecule has 0 atom stereocenters. The monoisotopic (exact) mass is 312 g/mol. The predicted octanol–water partition coefficient (Wildman–Crippen LogP) is 6.66. The molecule has 0 aliphatic carbocycles. The Morgan fingerprint density at radius 1 is 0.652 bits per heavy atom. The molecule has 0 aliphatic rings. The van der Waals surface area contributed by atoms with Gasteiger partial charge >= 0.3 is 0 Å². The molecule has 0 unspecified atom stereocenters. The lowest BCUT2D eigenvalue weighted by molar-refractivity contribution is -0.112. The molecule has 0 aromatic carbocycles. The Morgan fingerprint density at radius 2 is 1.13 bits per heavy atom. The van der Waals surface area contributed by atoms with Gasteiger partial charge in [-0.15, -0.1) is 0 Å². The fourth-order valence-corrected chi connectivity index (χ4v) is 1.92. The summed E-state index contributed by atoms with van der Waals surface area (Å²) < 4.78 is 0. The van der Waals surface area contributed by atoms with Crippen molar-refractivity contribution in [2.75, 3.05) is 0 Å². The van der Waals surface area contributed by atoms with Crippen molar-refractivity contribution >= 4 is 5.78 Å². The van der Waals surface area contributed by atoms with E-state index in [4.69, 9.17) is 0 Å². The quantitative estimate of drug-likeness (QED) is 0.211. The Kier molecular flexibility index (Phi) is 16.7. The molecule has 0 spiro atoms. The van der Waals surface area contributed by atoms with Crippen molar-refractivity contribution in [1.29, 1.82) is 0 Å². The number of allylic oxidation sites excluding steroid dienone is 12. The van der Waals surface area contributed by atoms with E-state index in [0.29, 0.717) is 0 Å². The normalized spacial score (nSPS) is 13.1. The van der Waals surface area contributed by atoms with Gasteiger partial charge < -0.3 is 0 Å². The summed E-state index contributed by atoms with van der Waals surface area (Å²) in [5.41, 5.74) is 0. The first kappa shape index (κ1) is 21.1. The molecule has 0 heterocycles. The van der Waals surface area contributed by atoms with Crippen LogP contribution < -0.4 is 0 Å². The van der Waals surface area contributed by atoms with E-state index >= 15 is 0 Å². The van der Waals surface area contributed by atoms with Crippen molar-refractivity contribution in [2.45, 2.75) is 58.8 Å². The molecule has 0 saturated heterocycles. The Labute approximate surface area is 142 Å². The molecular weight excluding hydrogens is 280 g/mol. The number of carbonyl (C=O) groups is 1. The van der Waals surface area contributed by atoms with Crippen LogP contribution in [0.5, 0.6) is 0 Å². The molecule has 126 valence electrons. The molecular formula is C22H32O. The summed E-state index contributed by atoms with van der Waals surface area (Å²) >= 11 is 0. The van der Waals surface area contributed by atoms with Crippen molar-refractivity contribution in [1.82, 2.24) is 0 Å². The number of carbonyl (C=O) groups excluding carboxylic acids is 1. The smallest absolute Gasteiger partial charge is 0.152 e. The first-order valence-corrected chi connectivity index (χ1v) is 8.77. The standard InChI is InChI=1S/C22H32O/c1-3-4-5-6-7-8-9-10-11-12-13-14-15-16-17-18-19-20-21-22(2)23/h10-21H,3-9H2,1-2H3. The van der Waals surface area contributed by atoms with Gasteiger partial charge in [-0.05, 0) is 25.8 Å². The van der Waals surface area contributed by atoms with Crippen LogP contribution in [0.2, 0.25) is 0 Å². The van der Waals surface area contributed by atoms with Crippen molar-refractivity contribution in [3.63, 3.8) is 0 Å². The maximum atomic E-state index is 10.7. The largest absolute Gasteiger partial charge is 0.295 e. The number of ketones is 1. The highest BCUT2D eigenvalue weighted by atomic mass is 16.1. The number of hydrogen-bond donors (Lipinski definition) is 0. The van der Waals surface area contributed by atoms with Gasteiger partial charge in [0, 0.05) is 0 Å². The lowest BCUT2D eigenvalue weighted by atomic mass is 10.1. The minimum Gasteiger partial charge on any atom is -0.295 e. The maximum Gasteiger partial charge on any atom is 0.152 e. The van der Waals surface area contributed by atoms with Crippen LogP contribution in [0.25, 0.3) is 0 Å². The SMILES string of the molecule is CCCCCCCCC=CC=CC=CC=CC=CC=CC(C)=O. The van der Waals surface area contributed by atoms with Gasteiger partial charge in [0.1, 0.15) is 0 Å². The van der Waals surface area contributed by atoms with Gasteiger partial charge in [0.2, 0.25) is 0 Å². The Balaban J connectivity index is 3.61. The topological polar surface area (TPSA) is 17.1 Å². The molecule has 1 heteroatoms. The number of rotatable bonds is 13. The van der Waals surface area contributed by atoms with E-state index in [-0.39, 0.29) is 5.78 Å². The van der Waals surface area contributed by atoms with Crippen LogP contribution >= 0.6 is 0 Å². The molecule has 0 aromatic rings. The van der Waals surface area contributed by atoms with Gasteiger partial charge in [0.05, 0.1) is 0 Å². The predicted molar refractivity (Wildman–Crippen MR) is 104 cm³/mol. The van der Waals surface area contributed by atoms with Crippen LogP contribution in [-0.2, 0) is 4.79 Å². The number of unbranched alkanes of at least 4 members (excludes halogenated alkanes) is 6. The Bertz CT molecular complexity index is 445. The van der Waals surface area contributed by atoms with Crippen LogP contribution in [0.15, 0.2) is 72.9 Å². The lowest BCUT2D eigenvalue weighted by Gasteiger charge is -1.97.